The molecule has 3 N–H and O–H groups in total. The zero-order chi connectivity index (χ0) is 27.7. The quantitative estimate of drug-likeness (QED) is 0.356. The monoisotopic (exact) mass is 549 g/mol. The third-order valence-electron chi connectivity index (χ3n) is 8.05. The molecular weight excluding hydrogens is 514 g/mol. The number of carboxylic acid groups (broad SMARTS) is 1. The number of thiophene rings is 1. The van der Waals surface area contributed by atoms with Gasteiger partial charge in [-0.1, -0.05) is 24.3 Å². The maximum atomic E-state index is 13.4. The van der Waals surface area contributed by atoms with Crippen LogP contribution >= 0.6 is 11.3 Å². The minimum absolute atomic E-state index is 0.0113. The predicted octanol–water partition coefficient (Wildman–Crippen LogP) is 5.22. The van der Waals surface area contributed by atoms with Gasteiger partial charge in [0.15, 0.2) is 0 Å². The van der Waals surface area contributed by atoms with Gasteiger partial charge in [0.05, 0.1) is 31.8 Å². The number of benzene rings is 2. The van der Waals surface area contributed by atoms with E-state index in [1.165, 1.54) is 0 Å². The molecule has 1 saturated carbocycles. The topological polar surface area (TPSA) is 105 Å². The summed E-state index contributed by atoms with van der Waals surface area (Å²) in [4.78, 5) is 26.7. The fourth-order valence-corrected chi connectivity index (χ4v) is 6.69. The second-order valence-electron chi connectivity index (χ2n) is 10.8. The Kier molecular flexibility index (Phi) is 7.80. The van der Waals surface area contributed by atoms with Crippen molar-refractivity contribution in [1.29, 1.82) is 0 Å². The van der Waals surface area contributed by atoms with Crippen LogP contribution in [0.1, 0.15) is 62.5 Å². The van der Waals surface area contributed by atoms with E-state index in [1.54, 1.807) is 18.4 Å². The number of nitrogens with one attached hydrogen (secondary N) is 1. The van der Waals surface area contributed by atoms with Crippen LogP contribution in [0, 0.1) is 19.8 Å². The van der Waals surface area contributed by atoms with Gasteiger partial charge < -0.3 is 25.0 Å². The Morgan fingerprint density at radius 1 is 1.03 bits per heavy atom. The summed E-state index contributed by atoms with van der Waals surface area (Å²) in [6.07, 6.45) is 3.23. The first-order chi connectivity index (χ1) is 18.7. The van der Waals surface area contributed by atoms with Gasteiger partial charge in [-0.15, -0.1) is 11.3 Å². The number of aryl methyl sites for hydroxylation is 2. The number of aliphatic carboxylic acids is 1. The van der Waals surface area contributed by atoms with E-state index >= 15 is 0 Å². The van der Waals surface area contributed by atoms with Crippen LogP contribution in [0.15, 0.2) is 42.5 Å². The number of carboxylic acids is 1. The van der Waals surface area contributed by atoms with Gasteiger partial charge in [-0.2, -0.15) is 0 Å². The van der Waals surface area contributed by atoms with Crippen LogP contribution in [-0.2, 0) is 21.6 Å². The summed E-state index contributed by atoms with van der Waals surface area (Å²) in [5, 5.41) is 23.2. The fourth-order valence-electron chi connectivity index (χ4n) is 5.62. The van der Waals surface area contributed by atoms with E-state index in [2.05, 4.69) is 36.5 Å². The standard InChI is InChI=1S/C31H35NO6S/c1-18-27(28(19(2)39-18)29(33)32-25-10-8-22(9-11-25)30(34)35)12-20-4-6-21(7-5-20)23-13-24(15-26(14-23)37-3)31(36)16-38-17-31/h4-7,13-15,22,25,36H,8-12,16-17H2,1-3H3,(H,32,33)(H,34,35). The first-order valence-electron chi connectivity index (χ1n) is 13.4. The Balaban J connectivity index is 1.32. The average molecular weight is 550 g/mol. The van der Waals surface area contributed by atoms with Gasteiger partial charge in [0.2, 0.25) is 0 Å². The van der Waals surface area contributed by atoms with Crippen LogP contribution in [0.5, 0.6) is 5.75 Å². The van der Waals surface area contributed by atoms with E-state index in [9.17, 15) is 19.8 Å². The van der Waals surface area contributed by atoms with E-state index in [-0.39, 0.29) is 31.1 Å². The number of ether oxygens (including phenoxy) is 2. The third kappa shape index (κ3) is 5.73. The van der Waals surface area contributed by atoms with Gasteiger partial charge in [0.25, 0.3) is 5.91 Å². The van der Waals surface area contributed by atoms with Gasteiger partial charge in [-0.3, -0.25) is 9.59 Å². The van der Waals surface area contributed by atoms with Gasteiger partial charge in [-0.25, -0.2) is 0 Å². The third-order valence-corrected chi connectivity index (χ3v) is 9.12. The first-order valence-corrected chi connectivity index (χ1v) is 14.2. The lowest BCUT2D eigenvalue weighted by Gasteiger charge is -2.37. The summed E-state index contributed by atoms with van der Waals surface area (Å²) < 4.78 is 10.7. The number of hydrogen-bond acceptors (Lipinski definition) is 6. The number of carbonyl (C=O) groups excluding carboxylic acids is 1. The SMILES string of the molecule is COc1cc(-c2ccc(Cc3c(C)sc(C)c3C(=O)NC3CCC(C(=O)O)CC3)cc2)cc(C2(O)COC2)c1. The zero-order valence-electron chi connectivity index (χ0n) is 22.6. The fraction of sp³-hybridized carbons (Fsp3) is 0.419. The van der Waals surface area contributed by atoms with E-state index in [0.717, 1.165) is 43.1 Å². The van der Waals surface area contributed by atoms with E-state index in [1.807, 2.05) is 25.1 Å². The normalized spacial score (nSPS) is 20.2. The van der Waals surface area contributed by atoms with Crippen molar-refractivity contribution in [2.75, 3.05) is 20.3 Å². The van der Waals surface area contributed by atoms with Crippen LogP contribution in [0.3, 0.4) is 0 Å². The van der Waals surface area contributed by atoms with Gasteiger partial charge in [0, 0.05) is 15.8 Å². The van der Waals surface area contributed by atoms with Crippen LogP contribution in [-0.4, -0.2) is 48.5 Å². The Labute approximate surface area is 232 Å². The molecule has 7 nitrogen and oxygen atoms in total. The van der Waals surface area contributed by atoms with Crippen molar-refractivity contribution >= 4 is 23.2 Å². The molecule has 0 unspecified atom stereocenters. The smallest absolute Gasteiger partial charge is 0.306 e. The van der Waals surface area contributed by atoms with Gasteiger partial charge >= 0.3 is 5.97 Å². The Morgan fingerprint density at radius 3 is 2.31 bits per heavy atom. The van der Waals surface area contributed by atoms with Crippen molar-refractivity contribution in [3.05, 3.63) is 74.5 Å². The summed E-state index contributed by atoms with van der Waals surface area (Å²) in [6, 6.07) is 14.1. The van der Waals surface area contributed by atoms with Crippen molar-refractivity contribution in [2.45, 2.75) is 57.6 Å². The molecule has 2 heterocycles. The van der Waals surface area contributed by atoms with Crippen LogP contribution in [0.4, 0.5) is 0 Å². The predicted molar refractivity (Wildman–Crippen MR) is 151 cm³/mol. The maximum Gasteiger partial charge on any atom is 0.306 e. The molecule has 0 bridgehead atoms. The zero-order valence-corrected chi connectivity index (χ0v) is 23.4. The van der Waals surface area contributed by atoms with Crippen molar-refractivity contribution in [2.24, 2.45) is 5.92 Å². The largest absolute Gasteiger partial charge is 0.497 e. The van der Waals surface area contributed by atoms with E-state index < -0.39 is 11.6 Å². The summed E-state index contributed by atoms with van der Waals surface area (Å²) in [6.45, 7) is 4.60. The minimum atomic E-state index is -0.982. The number of methoxy groups -OCH3 is 1. The highest BCUT2D eigenvalue weighted by molar-refractivity contribution is 7.12. The number of hydrogen-bond donors (Lipinski definition) is 3. The average Bonchev–Trinajstić information content (AvgIpc) is 3.19. The molecule has 1 aliphatic carbocycles. The second kappa shape index (κ2) is 11.1. The highest BCUT2D eigenvalue weighted by Gasteiger charge is 2.38. The molecule has 1 aliphatic heterocycles. The van der Waals surface area contributed by atoms with Gasteiger partial charge in [0.1, 0.15) is 11.4 Å². The molecule has 8 heteroatoms. The lowest BCUT2D eigenvalue weighted by Crippen LogP contribution is -2.46. The first kappa shape index (κ1) is 27.4. The van der Waals surface area contributed by atoms with E-state index in [4.69, 9.17) is 9.47 Å². The highest BCUT2D eigenvalue weighted by Crippen LogP contribution is 2.36. The lowest BCUT2D eigenvalue weighted by atomic mass is 9.86. The van der Waals surface area contributed by atoms with E-state index in [0.29, 0.717) is 37.9 Å². The lowest BCUT2D eigenvalue weighted by molar-refractivity contribution is -0.184. The molecule has 2 aromatic carbocycles. The van der Waals surface area contributed by atoms with Crippen molar-refractivity contribution < 1.29 is 29.3 Å². The minimum Gasteiger partial charge on any atom is -0.497 e. The molecule has 5 rings (SSSR count). The van der Waals surface area contributed by atoms with Crippen molar-refractivity contribution in [1.82, 2.24) is 5.32 Å². The molecule has 39 heavy (non-hydrogen) atoms. The summed E-state index contributed by atoms with van der Waals surface area (Å²) >= 11 is 1.64. The molecule has 0 atom stereocenters. The van der Waals surface area contributed by atoms with Crippen LogP contribution < -0.4 is 10.1 Å². The number of rotatable bonds is 8. The molecule has 2 fully saturated rings. The molecular formula is C31H35NO6S. The molecule has 1 aromatic heterocycles. The Hall–Kier alpha value is -3.20. The molecule has 2 aliphatic rings. The molecule has 206 valence electrons. The van der Waals surface area contributed by atoms with Crippen molar-refractivity contribution in [3.8, 4) is 16.9 Å². The molecule has 0 spiro atoms. The number of amides is 1. The number of aliphatic hydroxyl groups is 1. The second-order valence-corrected chi connectivity index (χ2v) is 12.2. The Morgan fingerprint density at radius 2 is 1.72 bits per heavy atom. The summed E-state index contributed by atoms with van der Waals surface area (Å²) in [7, 11) is 1.62. The molecule has 3 aromatic rings. The maximum absolute atomic E-state index is 13.4. The molecule has 1 amide bonds. The van der Waals surface area contributed by atoms with Gasteiger partial charge in [-0.05, 0) is 92.0 Å². The van der Waals surface area contributed by atoms with Crippen molar-refractivity contribution in [3.63, 3.8) is 0 Å². The highest BCUT2D eigenvalue weighted by atomic mass is 32.1. The molecule has 1 saturated heterocycles. The Bertz CT molecular complexity index is 1370. The molecule has 0 radical (unpaired) electrons. The number of carbonyl (C=O) groups is 2. The summed E-state index contributed by atoms with van der Waals surface area (Å²) in [5.74, 6) is -0.427. The van der Waals surface area contributed by atoms with Crippen LogP contribution in [0.2, 0.25) is 0 Å². The van der Waals surface area contributed by atoms with Crippen LogP contribution in [0.25, 0.3) is 11.1 Å². The summed E-state index contributed by atoms with van der Waals surface area (Å²) in [5.41, 5.74) is 4.65.